The summed E-state index contributed by atoms with van der Waals surface area (Å²) in [7, 11) is 0. The predicted molar refractivity (Wildman–Crippen MR) is 135 cm³/mol. The number of hydrogen-bond acceptors (Lipinski definition) is 6. The van der Waals surface area contributed by atoms with Crippen LogP contribution in [0.1, 0.15) is 33.0 Å². The van der Waals surface area contributed by atoms with Gasteiger partial charge >= 0.3 is 0 Å². The Bertz CT molecular complexity index is 1860. The lowest BCUT2D eigenvalue weighted by Crippen LogP contribution is -2.53. The van der Waals surface area contributed by atoms with Crippen LogP contribution in [0.15, 0.2) is 92.6 Å². The number of fused-ring (bicyclic) bond motifs is 5. The molecule has 0 saturated carbocycles. The van der Waals surface area contributed by atoms with Crippen LogP contribution in [0.2, 0.25) is 0 Å². The maximum Gasteiger partial charge on any atom is 0.297 e. The molecule has 1 atom stereocenters. The highest BCUT2D eigenvalue weighted by molar-refractivity contribution is 6.24. The number of rotatable bonds is 3. The molecule has 38 heavy (non-hydrogen) atoms. The first-order valence-corrected chi connectivity index (χ1v) is 11.9. The van der Waals surface area contributed by atoms with E-state index in [2.05, 4.69) is 5.16 Å². The van der Waals surface area contributed by atoms with Crippen LogP contribution >= 0.6 is 0 Å². The van der Waals surface area contributed by atoms with Crippen molar-refractivity contribution in [3.05, 3.63) is 123 Å². The van der Waals surface area contributed by atoms with Crippen molar-refractivity contribution in [1.29, 1.82) is 0 Å². The van der Waals surface area contributed by atoms with Crippen LogP contribution in [0.25, 0.3) is 11.0 Å². The third-order valence-electron chi connectivity index (χ3n) is 7.13. The second-order valence-corrected chi connectivity index (χ2v) is 9.31. The van der Waals surface area contributed by atoms with E-state index in [1.807, 2.05) is 0 Å². The Balaban J connectivity index is 1.55. The molecule has 0 radical (unpaired) electrons. The number of carbonyl (C=O) groups is 2. The van der Waals surface area contributed by atoms with Crippen LogP contribution in [0.4, 0.5) is 15.9 Å². The van der Waals surface area contributed by atoms with Crippen molar-refractivity contribution in [3.63, 3.8) is 0 Å². The summed E-state index contributed by atoms with van der Waals surface area (Å²) in [4.78, 5) is 45.5. The minimum atomic E-state index is -1.88. The molecule has 0 bridgehead atoms. The van der Waals surface area contributed by atoms with E-state index in [0.29, 0.717) is 22.6 Å². The Hall–Kier alpha value is -5.05. The fourth-order valence-electron chi connectivity index (χ4n) is 5.54. The quantitative estimate of drug-likeness (QED) is 0.352. The predicted octanol–water partition coefficient (Wildman–Crippen LogP) is 4.68. The number of carbonyl (C=O) groups excluding carboxylic acids is 2. The smallest absolute Gasteiger partial charge is 0.297 e. The molecule has 3 aromatic carbocycles. The molecule has 0 aliphatic carbocycles. The van der Waals surface area contributed by atoms with E-state index in [0.717, 1.165) is 0 Å². The molecular formula is C29H18FN3O5. The van der Waals surface area contributed by atoms with Crippen molar-refractivity contribution in [2.75, 3.05) is 9.80 Å². The lowest BCUT2D eigenvalue weighted by atomic mass is 9.84. The number of aromatic nitrogens is 1. The zero-order valence-electron chi connectivity index (χ0n) is 20.0. The van der Waals surface area contributed by atoms with Gasteiger partial charge in [0.2, 0.25) is 5.76 Å². The summed E-state index contributed by atoms with van der Waals surface area (Å²) in [5.41, 5.74) is -0.574. The number of nitrogens with zero attached hydrogens (tertiary/aromatic N) is 3. The summed E-state index contributed by atoms with van der Waals surface area (Å²) >= 11 is 0. The van der Waals surface area contributed by atoms with Gasteiger partial charge in [-0.05, 0) is 42.8 Å². The largest absolute Gasteiger partial charge is 0.450 e. The van der Waals surface area contributed by atoms with Gasteiger partial charge in [-0.15, -0.1) is 0 Å². The normalized spacial score (nSPS) is 18.1. The number of para-hydroxylation sites is 2. The summed E-state index contributed by atoms with van der Waals surface area (Å²) in [6.07, 6.45) is 0. The second kappa shape index (κ2) is 7.72. The lowest BCUT2D eigenvalue weighted by Gasteiger charge is -2.32. The van der Waals surface area contributed by atoms with Crippen molar-refractivity contribution < 1.29 is 22.9 Å². The van der Waals surface area contributed by atoms with Gasteiger partial charge in [-0.2, -0.15) is 0 Å². The molecule has 0 N–H and O–H groups in total. The Morgan fingerprint density at radius 1 is 0.947 bits per heavy atom. The third kappa shape index (κ3) is 2.78. The fourth-order valence-corrected chi connectivity index (χ4v) is 5.54. The van der Waals surface area contributed by atoms with Gasteiger partial charge in [0.25, 0.3) is 11.8 Å². The minimum Gasteiger partial charge on any atom is -0.450 e. The van der Waals surface area contributed by atoms with Gasteiger partial charge in [0.05, 0.1) is 23.2 Å². The summed E-state index contributed by atoms with van der Waals surface area (Å²) in [5, 5.41) is 4.30. The molecule has 0 fully saturated rings. The van der Waals surface area contributed by atoms with Gasteiger partial charge in [-0.1, -0.05) is 47.6 Å². The number of amides is 2. The van der Waals surface area contributed by atoms with Gasteiger partial charge in [-0.3, -0.25) is 19.3 Å². The van der Waals surface area contributed by atoms with Crippen molar-refractivity contribution >= 4 is 34.3 Å². The SMILES string of the molecule is Cc1cc(N2C(=O)c3oc4ccccc4c(=O)c3C23C(=O)N(Cc2ccc(F)cc2)c2ccccc23)no1. The van der Waals surface area contributed by atoms with Gasteiger partial charge < -0.3 is 13.8 Å². The van der Waals surface area contributed by atoms with Crippen molar-refractivity contribution in [2.45, 2.75) is 19.0 Å². The van der Waals surface area contributed by atoms with Crippen LogP contribution in [0, 0.1) is 12.7 Å². The van der Waals surface area contributed by atoms with E-state index in [4.69, 9.17) is 8.94 Å². The number of hydrogen-bond donors (Lipinski definition) is 0. The van der Waals surface area contributed by atoms with Gasteiger partial charge in [-0.25, -0.2) is 4.39 Å². The average molecular weight is 507 g/mol. The first-order chi connectivity index (χ1) is 18.4. The van der Waals surface area contributed by atoms with Crippen LogP contribution in [-0.4, -0.2) is 17.0 Å². The van der Waals surface area contributed by atoms with E-state index < -0.39 is 28.6 Å². The zero-order chi connectivity index (χ0) is 26.2. The van der Waals surface area contributed by atoms with Crippen molar-refractivity contribution in [1.82, 2.24) is 5.16 Å². The topological polar surface area (TPSA) is 96.9 Å². The molecule has 2 amide bonds. The monoisotopic (exact) mass is 507 g/mol. The second-order valence-electron chi connectivity index (χ2n) is 9.31. The first kappa shape index (κ1) is 22.2. The van der Waals surface area contributed by atoms with E-state index in [1.54, 1.807) is 67.6 Å². The standard InChI is InChI=1S/C29H18FN3O5/c1-16-14-23(31-38-16)33-27(35)26-24(25(34)19-6-2-5-9-22(19)37-26)29(33)20-7-3-4-8-21(20)32(28(29)36)15-17-10-12-18(30)13-11-17/h2-14H,15H2,1H3. The average Bonchev–Trinajstić information content (AvgIpc) is 3.54. The van der Waals surface area contributed by atoms with Crippen LogP contribution in [0.5, 0.6) is 0 Å². The Kier molecular flexibility index (Phi) is 4.51. The molecule has 186 valence electrons. The Labute approximate surface area is 214 Å². The molecule has 2 aliphatic rings. The van der Waals surface area contributed by atoms with Gasteiger partial charge in [0.15, 0.2) is 16.8 Å². The molecule has 8 nitrogen and oxygen atoms in total. The van der Waals surface area contributed by atoms with E-state index in [9.17, 15) is 18.8 Å². The highest BCUT2D eigenvalue weighted by Crippen LogP contribution is 2.54. The summed E-state index contributed by atoms with van der Waals surface area (Å²) in [5.74, 6) is -1.33. The molecule has 4 heterocycles. The Morgan fingerprint density at radius 3 is 2.45 bits per heavy atom. The summed E-state index contributed by atoms with van der Waals surface area (Å²) in [6, 6.07) is 20.9. The number of benzene rings is 3. The minimum absolute atomic E-state index is 0.0686. The maximum atomic E-state index is 14.7. The molecule has 1 spiro atoms. The van der Waals surface area contributed by atoms with Crippen LogP contribution in [-0.2, 0) is 16.9 Å². The molecule has 0 saturated heterocycles. The Morgan fingerprint density at radius 2 is 1.68 bits per heavy atom. The van der Waals surface area contributed by atoms with Crippen LogP contribution < -0.4 is 15.2 Å². The summed E-state index contributed by atoms with van der Waals surface area (Å²) < 4.78 is 24.9. The molecule has 2 aliphatic heterocycles. The fraction of sp³-hybridized carbons (Fsp3) is 0.103. The molecule has 9 heteroatoms. The highest BCUT2D eigenvalue weighted by Gasteiger charge is 2.66. The first-order valence-electron chi connectivity index (χ1n) is 11.9. The van der Waals surface area contributed by atoms with E-state index in [-0.39, 0.29) is 34.7 Å². The zero-order valence-corrected chi connectivity index (χ0v) is 20.0. The number of anilines is 2. The third-order valence-corrected chi connectivity index (χ3v) is 7.13. The lowest BCUT2D eigenvalue weighted by molar-refractivity contribution is -0.121. The van der Waals surface area contributed by atoms with E-state index in [1.165, 1.54) is 28.0 Å². The molecule has 5 aromatic rings. The van der Waals surface area contributed by atoms with Crippen molar-refractivity contribution in [3.8, 4) is 0 Å². The molecular weight excluding hydrogens is 489 g/mol. The summed E-state index contributed by atoms with van der Waals surface area (Å²) in [6.45, 7) is 1.76. The maximum absolute atomic E-state index is 14.7. The van der Waals surface area contributed by atoms with Crippen molar-refractivity contribution in [2.24, 2.45) is 0 Å². The molecule has 1 unspecified atom stereocenters. The highest BCUT2D eigenvalue weighted by atomic mass is 19.1. The van der Waals surface area contributed by atoms with E-state index >= 15 is 0 Å². The molecule has 2 aromatic heterocycles. The van der Waals surface area contributed by atoms with Gasteiger partial charge in [0, 0.05) is 11.6 Å². The number of halogens is 1. The molecule has 7 rings (SSSR count). The number of aryl methyl sites for hydroxylation is 1. The van der Waals surface area contributed by atoms with Gasteiger partial charge in [0.1, 0.15) is 17.2 Å². The van der Waals surface area contributed by atoms with Crippen LogP contribution in [0.3, 0.4) is 0 Å².